The number of carboxylic acid groups (broad SMARTS) is 1. The number of hydrogen-bond donors (Lipinski definition) is 2. The molecule has 2 N–H and O–H groups in total. The topological polar surface area (TPSA) is 194 Å². The van der Waals surface area contributed by atoms with Crippen molar-refractivity contribution in [2.75, 3.05) is 6.79 Å². The number of rotatable bonds is 8. The number of hydrogen-bond acceptors (Lipinski definition) is 12. The van der Waals surface area contributed by atoms with Gasteiger partial charge < -0.3 is 29.7 Å². The number of esters is 2. The minimum absolute atomic E-state index is 0.225. The Morgan fingerprint density at radius 2 is 1.80 bits per heavy atom. The van der Waals surface area contributed by atoms with Crippen molar-refractivity contribution in [2.24, 2.45) is 0 Å². The molecule has 0 aromatic carbocycles. The SMILES string of the molecule is CC1(C)S[C@@H]2[C@H](NC(=O)C(C(=O)OCOC(=O)[C@@H]3N4C(=O)C[C@H]4S(=O)(=O)C3(C)C)c3ccsc3)C(=O)N2[C@H]1C(=O)O. The molecule has 6 atom stereocenters. The minimum atomic E-state index is -3.84. The second kappa shape index (κ2) is 9.69. The highest BCUT2D eigenvalue weighted by atomic mass is 32.2. The molecule has 1 aromatic heterocycles. The van der Waals surface area contributed by atoms with Crippen LogP contribution in [-0.2, 0) is 48.1 Å². The van der Waals surface area contributed by atoms with Crippen LogP contribution >= 0.6 is 23.1 Å². The molecule has 0 spiro atoms. The van der Waals surface area contributed by atoms with E-state index in [2.05, 4.69) is 5.32 Å². The number of carboxylic acids is 1. The van der Waals surface area contributed by atoms with E-state index < -0.39 is 96.5 Å². The lowest BCUT2D eigenvalue weighted by atomic mass is 9.95. The lowest BCUT2D eigenvalue weighted by Gasteiger charge is -2.43. The summed E-state index contributed by atoms with van der Waals surface area (Å²) in [6.07, 6.45) is -0.225. The third kappa shape index (κ3) is 4.31. The van der Waals surface area contributed by atoms with Gasteiger partial charge in [0.2, 0.25) is 24.5 Å². The van der Waals surface area contributed by atoms with Crippen molar-refractivity contribution in [3.63, 3.8) is 0 Å². The van der Waals surface area contributed by atoms with Gasteiger partial charge in [0.15, 0.2) is 15.8 Å². The van der Waals surface area contributed by atoms with E-state index in [9.17, 15) is 42.3 Å². The van der Waals surface area contributed by atoms with Crippen LogP contribution in [0.5, 0.6) is 0 Å². The maximum absolute atomic E-state index is 13.3. The van der Waals surface area contributed by atoms with E-state index in [1.54, 1.807) is 19.2 Å². The van der Waals surface area contributed by atoms with Gasteiger partial charge in [-0.05, 0) is 50.1 Å². The Balaban J connectivity index is 1.24. The maximum atomic E-state index is 13.3. The second-order valence-electron chi connectivity index (χ2n) is 11.1. The quantitative estimate of drug-likeness (QED) is 0.164. The van der Waals surface area contributed by atoms with Gasteiger partial charge in [-0.3, -0.25) is 19.2 Å². The molecule has 1 aromatic rings. The van der Waals surface area contributed by atoms with Crippen LogP contribution in [0.3, 0.4) is 0 Å². The number of nitrogens with one attached hydrogen (secondary N) is 1. The van der Waals surface area contributed by atoms with Gasteiger partial charge in [0, 0.05) is 4.75 Å². The second-order valence-corrected chi connectivity index (χ2v) is 16.4. The van der Waals surface area contributed by atoms with Crippen molar-refractivity contribution in [2.45, 2.75) is 78.4 Å². The fraction of sp³-hybridized carbons (Fsp3) is 0.583. The molecule has 4 aliphatic heterocycles. The standard InChI is InChI=1S/C24H27N3O11S3/c1-23(2)15(20(31)32)27-18(30)14(19(27)40-23)25-17(29)13(10-5-6-39-8-10)21(33)37-9-38-22(34)16-24(3,4)41(35,36)12-7-11(28)26(12)16/h5-6,8,12-16,19H,7,9H2,1-4H3,(H,25,29)(H,31,32)/t12-,13?,14-,15+,16+,19-/m1/s1. The van der Waals surface area contributed by atoms with Crippen LogP contribution in [0.2, 0.25) is 0 Å². The number of β-lactam (4-membered cyclic amide) rings is 2. The zero-order valence-corrected chi connectivity index (χ0v) is 24.7. The Morgan fingerprint density at radius 1 is 1.12 bits per heavy atom. The van der Waals surface area contributed by atoms with E-state index in [0.29, 0.717) is 0 Å². The first kappa shape index (κ1) is 29.3. The summed E-state index contributed by atoms with van der Waals surface area (Å²) in [7, 11) is -3.84. The van der Waals surface area contributed by atoms with E-state index in [1.165, 1.54) is 53.3 Å². The van der Waals surface area contributed by atoms with Crippen LogP contribution in [0.15, 0.2) is 16.8 Å². The highest BCUT2D eigenvalue weighted by Gasteiger charge is 2.68. The Kier molecular flexibility index (Phi) is 6.93. The Labute approximate surface area is 242 Å². The lowest BCUT2D eigenvalue weighted by Crippen LogP contribution is -2.71. The molecule has 1 unspecified atom stereocenters. The van der Waals surface area contributed by atoms with Crippen LogP contribution in [0.25, 0.3) is 0 Å². The molecule has 222 valence electrons. The molecular weight excluding hydrogens is 602 g/mol. The van der Waals surface area contributed by atoms with Gasteiger partial charge in [-0.1, -0.05) is 0 Å². The molecule has 0 bridgehead atoms. The summed E-state index contributed by atoms with van der Waals surface area (Å²) in [6, 6.07) is -2.06. The van der Waals surface area contributed by atoms with E-state index in [0.717, 1.165) is 4.90 Å². The van der Waals surface area contributed by atoms with Crippen molar-refractivity contribution in [1.82, 2.24) is 15.1 Å². The molecule has 4 aliphatic rings. The van der Waals surface area contributed by atoms with Crippen LogP contribution in [0.1, 0.15) is 45.6 Å². The van der Waals surface area contributed by atoms with Crippen molar-refractivity contribution in [1.29, 1.82) is 0 Å². The highest BCUT2D eigenvalue weighted by Crippen LogP contribution is 2.51. The lowest BCUT2D eigenvalue weighted by molar-refractivity contribution is -0.176. The molecule has 0 aliphatic carbocycles. The van der Waals surface area contributed by atoms with Crippen molar-refractivity contribution in [3.05, 3.63) is 22.4 Å². The molecule has 5 rings (SSSR count). The molecule has 14 nitrogen and oxygen atoms in total. The third-order valence-electron chi connectivity index (χ3n) is 7.95. The summed E-state index contributed by atoms with van der Waals surface area (Å²) in [4.78, 5) is 77.9. The molecule has 0 radical (unpaired) electrons. The van der Waals surface area contributed by atoms with Gasteiger partial charge in [-0.25, -0.2) is 18.0 Å². The number of carbonyl (C=O) groups is 6. The van der Waals surface area contributed by atoms with Gasteiger partial charge in [0.25, 0.3) is 0 Å². The molecular formula is C24H27N3O11S3. The fourth-order valence-corrected chi connectivity index (χ4v) is 10.2. The van der Waals surface area contributed by atoms with Crippen molar-refractivity contribution >= 4 is 68.6 Å². The van der Waals surface area contributed by atoms with Crippen molar-refractivity contribution < 1.29 is 51.8 Å². The van der Waals surface area contributed by atoms with Gasteiger partial charge in [-0.15, -0.1) is 11.8 Å². The molecule has 5 heterocycles. The first-order chi connectivity index (χ1) is 19.0. The van der Waals surface area contributed by atoms with Gasteiger partial charge in [0.05, 0.1) is 11.2 Å². The van der Waals surface area contributed by atoms with Gasteiger partial charge in [0.1, 0.15) is 28.9 Å². The van der Waals surface area contributed by atoms with E-state index >= 15 is 0 Å². The van der Waals surface area contributed by atoms with E-state index in [4.69, 9.17) is 9.47 Å². The summed E-state index contributed by atoms with van der Waals surface area (Å²) in [5.74, 6) is -6.85. The third-order valence-corrected chi connectivity index (χ3v) is 13.0. The van der Waals surface area contributed by atoms with Crippen LogP contribution in [0.4, 0.5) is 0 Å². The summed E-state index contributed by atoms with van der Waals surface area (Å²) in [6.45, 7) is 5.05. The fourth-order valence-electron chi connectivity index (χ4n) is 5.73. The zero-order valence-electron chi connectivity index (χ0n) is 22.3. The van der Waals surface area contributed by atoms with Crippen LogP contribution in [0, 0.1) is 0 Å². The average Bonchev–Trinajstić information content (AvgIpc) is 3.50. The summed E-state index contributed by atoms with van der Waals surface area (Å²) >= 11 is 2.43. The average molecular weight is 630 g/mol. The van der Waals surface area contributed by atoms with Gasteiger partial charge in [-0.2, -0.15) is 11.3 Å². The number of thiophene rings is 1. The van der Waals surface area contributed by atoms with Crippen LogP contribution < -0.4 is 5.32 Å². The predicted molar refractivity (Wildman–Crippen MR) is 142 cm³/mol. The summed E-state index contributed by atoms with van der Waals surface area (Å²) in [5.41, 5.74) is 0.257. The first-order valence-electron chi connectivity index (χ1n) is 12.5. The van der Waals surface area contributed by atoms with Crippen molar-refractivity contribution in [3.8, 4) is 0 Å². The first-order valence-corrected chi connectivity index (χ1v) is 15.8. The van der Waals surface area contributed by atoms with E-state index in [-0.39, 0.29) is 12.0 Å². The normalized spacial score (nSPS) is 30.8. The molecule has 41 heavy (non-hydrogen) atoms. The number of fused-ring (bicyclic) bond motifs is 2. The molecule has 3 amide bonds. The summed E-state index contributed by atoms with van der Waals surface area (Å²) < 4.78 is 33.1. The Bertz CT molecular complexity index is 1460. The monoisotopic (exact) mass is 629 g/mol. The Hall–Kier alpha value is -3.18. The number of aliphatic carboxylic acids is 1. The zero-order chi connectivity index (χ0) is 30.2. The molecule has 17 heteroatoms. The largest absolute Gasteiger partial charge is 0.480 e. The molecule has 4 saturated heterocycles. The van der Waals surface area contributed by atoms with Crippen LogP contribution in [-0.4, -0.2) is 104 Å². The Morgan fingerprint density at radius 3 is 2.39 bits per heavy atom. The minimum Gasteiger partial charge on any atom is -0.480 e. The molecule has 0 saturated carbocycles. The number of nitrogens with zero attached hydrogens (tertiary/aromatic N) is 2. The highest BCUT2D eigenvalue weighted by molar-refractivity contribution is 8.01. The van der Waals surface area contributed by atoms with E-state index in [1.807, 2.05) is 0 Å². The number of ether oxygens (including phenoxy) is 2. The maximum Gasteiger partial charge on any atom is 0.333 e. The molecule has 4 fully saturated rings. The van der Waals surface area contributed by atoms with Gasteiger partial charge >= 0.3 is 17.9 Å². The number of sulfone groups is 1. The smallest absolute Gasteiger partial charge is 0.333 e. The number of thioether (sulfide) groups is 1. The number of carbonyl (C=O) groups excluding carboxylic acids is 5. The number of amides is 3. The predicted octanol–water partition coefficient (Wildman–Crippen LogP) is -0.359. The summed E-state index contributed by atoms with van der Waals surface area (Å²) in [5, 5.41) is 13.5.